The lowest BCUT2D eigenvalue weighted by molar-refractivity contribution is -0.145. The van der Waals surface area contributed by atoms with Crippen molar-refractivity contribution in [2.45, 2.75) is 32.7 Å². The van der Waals surface area contributed by atoms with Crippen LogP contribution < -0.4 is 10.6 Å². The summed E-state index contributed by atoms with van der Waals surface area (Å²) in [6.07, 6.45) is 0.656. The summed E-state index contributed by atoms with van der Waals surface area (Å²) in [5.41, 5.74) is 0.901. The summed E-state index contributed by atoms with van der Waals surface area (Å²) in [7, 11) is 1.29. The molecule has 144 valence electrons. The molecular weight excluding hydrogens is 344 g/mol. The fourth-order valence-corrected chi connectivity index (χ4v) is 2.93. The number of amides is 2. The van der Waals surface area contributed by atoms with Crippen molar-refractivity contribution in [1.29, 1.82) is 0 Å². The lowest BCUT2D eigenvalue weighted by atomic mass is 10.0. The Labute approximate surface area is 159 Å². The van der Waals surface area contributed by atoms with Crippen LogP contribution in [0.4, 0.5) is 0 Å². The van der Waals surface area contributed by atoms with E-state index in [1.54, 1.807) is 0 Å². The van der Waals surface area contributed by atoms with E-state index in [1.165, 1.54) is 7.11 Å². The molecule has 2 aromatic rings. The molecule has 0 bridgehead atoms. The zero-order valence-electron chi connectivity index (χ0n) is 16.0. The van der Waals surface area contributed by atoms with Gasteiger partial charge in [-0.1, -0.05) is 56.3 Å². The lowest BCUT2D eigenvalue weighted by Gasteiger charge is -2.18. The van der Waals surface area contributed by atoms with Gasteiger partial charge in [-0.3, -0.25) is 9.59 Å². The first-order valence-electron chi connectivity index (χ1n) is 9.01. The molecule has 2 aromatic carbocycles. The van der Waals surface area contributed by atoms with E-state index < -0.39 is 17.9 Å². The fourth-order valence-electron chi connectivity index (χ4n) is 2.93. The van der Waals surface area contributed by atoms with Crippen LogP contribution in [0.25, 0.3) is 10.8 Å². The number of carbonyl (C=O) groups excluding carboxylic acids is 3. The molecule has 2 rings (SSSR count). The Kier molecular flexibility index (Phi) is 7.34. The van der Waals surface area contributed by atoms with Crippen molar-refractivity contribution >= 4 is 28.6 Å². The lowest BCUT2D eigenvalue weighted by Crippen LogP contribution is -2.46. The van der Waals surface area contributed by atoms with E-state index in [9.17, 15) is 14.4 Å². The number of hydrogen-bond donors (Lipinski definition) is 2. The van der Waals surface area contributed by atoms with Crippen molar-refractivity contribution in [2.75, 3.05) is 13.7 Å². The standard InChI is InChI=1S/C21H26N2O4/c1-14(2)11-18(21(26)27-3)23-20(25)13-22-19(24)12-16-9-6-8-15-7-4-5-10-17(15)16/h4-10,14,18H,11-13H2,1-3H3,(H,22,24)(H,23,25). The highest BCUT2D eigenvalue weighted by Gasteiger charge is 2.22. The van der Waals surface area contributed by atoms with Gasteiger partial charge in [0.25, 0.3) is 0 Å². The maximum Gasteiger partial charge on any atom is 0.328 e. The average Bonchev–Trinajstić information content (AvgIpc) is 2.65. The van der Waals surface area contributed by atoms with E-state index in [0.717, 1.165) is 16.3 Å². The van der Waals surface area contributed by atoms with Crippen LogP contribution in [0.15, 0.2) is 42.5 Å². The van der Waals surface area contributed by atoms with Crippen molar-refractivity contribution in [1.82, 2.24) is 10.6 Å². The van der Waals surface area contributed by atoms with E-state index in [1.807, 2.05) is 56.3 Å². The van der Waals surface area contributed by atoms with Crippen LogP contribution >= 0.6 is 0 Å². The molecule has 0 fully saturated rings. The highest BCUT2D eigenvalue weighted by atomic mass is 16.5. The van der Waals surface area contributed by atoms with Crippen LogP contribution in [0.2, 0.25) is 0 Å². The summed E-state index contributed by atoms with van der Waals surface area (Å²) in [6, 6.07) is 12.9. The average molecular weight is 370 g/mol. The monoisotopic (exact) mass is 370 g/mol. The third kappa shape index (κ3) is 6.09. The van der Waals surface area contributed by atoms with Crippen molar-refractivity contribution < 1.29 is 19.1 Å². The summed E-state index contributed by atoms with van der Waals surface area (Å²) in [6.45, 7) is 3.72. The van der Waals surface area contributed by atoms with Gasteiger partial charge in [-0.2, -0.15) is 0 Å². The van der Waals surface area contributed by atoms with Crippen molar-refractivity contribution in [3.05, 3.63) is 48.0 Å². The number of rotatable bonds is 8. The summed E-state index contributed by atoms with van der Waals surface area (Å²) >= 11 is 0. The second kappa shape index (κ2) is 9.71. The molecule has 6 nitrogen and oxygen atoms in total. The zero-order valence-corrected chi connectivity index (χ0v) is 16.0. The maximum atomic E-state index is 12.2. The molecule has 0 aliphatic carbocycles. The van der Waals surface area contributed by atoms with E-state index in [2.05, 4.69) is 10.6 Å². The van der Waals surface area contributed by atoms with Gasteiger partial charge < -0.3 is 15.4 Å². The minimum atomic E-state index is -0.711. The van der Waals surface area contributed by atoms with Crippen LogP contribution in [-0.2, 0) is 25.5 Å². The normalized spacial score (nSPS) is 11.9. The molecular formula is C21H26N2O4. The molecule has 0 saturated carbocycles. The van der Waals surface area contributed by atoms with Crippen molar-refractivity contribution in [2.24, 2.45) is 5.92 Å². The molecule has 0 radical (unpaired) electrons. The first kappa shape index (κ1) is 20.4. The van der Waals surface area contributed by atoms with Gasteiger partial charge in [-0.15, -0.1) is 0 Å². The second-order valence-electron chi connectivity index (χ2n) is 6.86. The van der Waals surface area contributed by atoms with Gasteiger partial charge in [0.2, 0.25) is 11.8 Å². The van der Waals surface area contributed by atoms with Crippen molar-refractivity contribution in [3.63, 3.8) is 0 Å². The molecule has 0 aliphatic heterocycles. The molecule has 27 heavy (non-hydrogen) atoms. The highest BCUT2D eigenvalue weighted by molar-refractivity contribution is 5.92. The molecule has 0 heterocycles. The fraction of sp³-hybridized carbons (Fsp3) is 0.381. The third-order valence-electron chi connectivity index (χ3n) is 4.21. The molecule has 1 atom stereocenters. The molecule has 6 heteroatoms. The largest absolute Gasteiger partial charge is 0.467 e. The molecule has 1 unspecified atom stereocenters. The van der Waals surface area contributed by atoms with Crippen LogP contribution in [0.5, 0.6) is 0 Å². The van der Waals surface area contributed by atoms with E-state index in [4.69, 9.17) is 4.74 Å². The minimum absolute atomic E-state index is 0.182. The van der Waals surface area contributed by atoms with Gasteiger partial charge in [0, 0.05) is 0 Å². The second-order valence-corrected chi connectivity index (χ2v) is 6.86. The minimum Gasteiger partial charge on any atom is -0.467 e. The molecule has 0 saturated heterocycles. The predicted octanol–water partition coefficient (Wildman–Crippen LogP) is 2.20. The number of ether oxygens (including phenoxy) is 1. The van der Waals surface area contributed by atoms with E-state index in [0.29, 0.717) is 6.42 Å². The molecule has 0 aromatic heterocycles. The van der Waals surface area contributed by atoms with Gasteiger partial charge in [-0.25, -0.2) is 4.79 Å². The Morgan fingerprint density at radius 3 is 2.41 bits per heavy atom. The highest BCUT2D eigenvalue weighted by Crippen LogP contribution is 2.18. The first-order valence-corrected chi connectivity index (χ1v) is 9.01. The Bertz CT molecular complexity index is 811. The first-order chi connectivity index (χ1) is 12.9. The summed E-state index contributed by atoms with van der Waals surface area (Å²) in [5, 5.41) is 7.31. The Morgan fingerprint density at radius 1 is 1.00 bits per heavy atom. The number of carbonyl (C=O) groups is 3. The van der Waals surface area contributed by atoms with Crippen LogP contribution in [0.3, 0.4) is 0 Å². The van der Waals surface area contributed by atoms with Gasteiger partial charge in [0.15, 0.2) is 0 Å². The zero-order chi connectivity index (χ0) is 19.8. The van der Waals surface area contributed by atoms with E-state index in [-0.39, 0.29) is 24.8 Å². The number of esters is 1. The van der Waals surface area contributed by atoms with Gasteiger partial charge in [0.1, 0.15) is 6.04 Å². The Morgan fingerprint density at radius 2 is 1.70 bits per heavy atom. The van der Waals surface area contributed by atoms with Crippen LogP contribution in [-0.4, -0.2) is 37.5 Å². The molecule has 0 aliphatic rings. The smallest absolute Gasteiger partial charge is 0.328 e. The number of hydrogen-bond acceptors (Lipinski definition) is 4. The maximum absolute atomic E-state index is 12.2. The number of benzene rings is 2. The van der Waals surface area contributed by atoms with Crippen LogP contribution in [0.1, 0.15) is 25.8 Å². The number of methoxy groups -OCH3 is 1. The van der Waals surface area contributed by atoms with Gasteiger partial charge >= 0.3 is 5.97 Å². The molecule has 2 N–H and O–H groups in total. The van der Waals surface area contributed by atoms with Gasteiger partial charge in [-0.05, 0) is 28.7 Å². The quantitative estimate of drug-likeness (QED) is 0.698. The topological polar surface area (TPSA) is 84.5 Å². The van der Waals surface area contributed by atoms with Crippen LogP contribution in [0, 0.1) is 5.92 Å². The number of nitrogens with one attached hydrogen (secondary N) is 2. The number of fused-ring (bicyclic) bond motifs is 1. The van der Waals surface area contributed by atoms with E-state index >= 15 is 0 Å². The predicted molar refractivity (Wildman–Crippen MR) is 104 cm³/mol. The Balaban J connectivity index is 1.90. The van der Waals surface area contributed by atoms with Gasteiger partial charge in [0.05, 0.1) is 20.1 Å². The third-order valence-corrected chi connectivity index (χ3v) is 4.21. The molecule has 0 spiro atoms. The summed E-state index contributed by atoms with van der Waals surface area (Å²) < 4.78 is 4.72. The Hall–Kier alpha value is -2.89. The molecule has 2 amide bonds. The SMILES string of the molecule is COC(=O)C(CC(C)C)NC(=O)CNC(=O)Cc1cccc2ccccc12. The summed E-state index contributed by atoms with van der Waals surface area (Å²) in [5.74, 6) is -0.938. The summed E-state index contributed by atoms with van der Waals surface area (Å²) in [4.78, 5) is 36.1. The van der Waals surface area contributed by atoms with Crippen molar-refractivity contribution in [3.8, 4) is 0 Å².